The Morgan fingerprint density at radius 3 is 2.00 bits per heavy atom. The van der Waals surface area contributed by atoms with E-state index >= 15 is 0 Å². The molecular weight excluding hydrogens is 168 g/mol. The van der Waals surface area contributed by atoms with Crippen LogP contribution in [-0.4, -0.2) is 56.4 Å². The van der Waals surface area contributed by atoms with Crippen molar-refractivity contribution in [3.8, 4) is 0 Å². The average molecular weight is 180 g/mol. The summed E-state index contributed by atoms with van der Waals surface area (Å²) >= 11 is 0. The molecule has 0 aliphatic heterocycles. The van der Waals surface area contributed by atoms with Gasteiger partial charge in [0.1, 0.15) is 12.2 Å². The lowest BCUT2D eigenvalue weighted by atomic mass is 10.1. The molecule has 6 heteroatoms. The van der Waals surface area contributed by atoms with Gasteiger partial charge in [-0.25, -0.2) is 0 Å². The Bertz CT molecular complexity index is 147. The summed E-state index contributed by atoms with van der Waals surface area (Å²) in [6.07, 6.45) is -5.38. The van der Waals surface area contributed by atoms with E-state index in [1.807, 2.05) is 0 Å². The van der Waals surface area contributed by atoms with Gasteiger partial charge in [-0.3, -0.25) is 4.79 Å². The molecule has 6 nitrogen and oxygen atoms in total. The Labute approximate surface area is 68.7 Å². The van der Waals surface area contributed by atoms with Crippen molar-refractivity contribution < 1.29 is 30.3 Å². The van der Waals surface area contributed by atoms with E-state index in [9.17, 15) is 4.79 Å². The molecular formula is C6H12O6. The third-order valence-electron chi connectivity index (χ3n) is 1.36. The second kappa shape index (κ2) is 5.04. The molecule has 0 heterocycles. The SMILES string of the molecule is O=C(O)CC(O)C(O)C(O)CO. The number of carboxylic acid groups (broad SMARTS) is 1. The second-order valence-corrected chi connectivity index (χ2v) is 2.41. The highest BCUT2D eigenvalue weighted by Crippen LogP contribution is 2.03. The van der Waals surface area contributed by atoms with E-state index in [-0.39, 0.29) is 0 Å². The largest absolute Gasteiger partial charge is 0.481 e. The molecule has 0 rings (SSSR count). The van der Waals surface area contributed by atoms with Crippen molar-refractivity contribution in [3.05, 3.63) is 0 Å². The summed E-state index contributed by atoms with van der Waals surface area (Å²) in [6.45, 7) is -0.724. The Balaban J connectivity index is 3.91. The molecule has 0 amide bonds. The Morgan fingerprint density at radius 1 is 1.17 bits per heavy atom. The number of carbonyl (C=O) groups is 1. The first-order valence-electron chi connectivity index (χ1n) is 3.36. The van der Waals surface area contributed by atoms with Crippen LogP contribution in [0.25, 0.3) is 0 Å². The number of carboxylic acids is 1. The van der Waals surface area contributed by atoms with Crippen LogP contribution >= 0.6 is 0 Å². The first-order valence-corrected chi connectivity index (χ1v) is 3.36. The van der Waals surface area contributed by atoms with Gasteiger partial charge in [0, 0.05) is 0 Å². The van der Waals surface area contributed by atoms with Crippen molar-refractivity contribution in [2.45, 2.75) is 24.7 Å². The summed E-state index contributed by atoms with van der Waals surface area (Å²) in [4.78, 5) is 10.0. The van der Waals surface area contributed by atoms with Gasteiger partial charge in [-0.2, -0.15) is 0 Å². The zero-order valence-corrected chi connectivity index (χ0v) is 6.29. The van der Waals surface area contributed by atoms with Gasteiger partial charge in [-0.15, -0.1) is 0 Å². The van der Waals surface area contributed by atoms with Crippen molar-refractivity contribution >= 4 is 5.97 Å². The van der Waals surface area contributed by atoms with E-state index in [0.29, 0.717) is 0 Å². The summed E-state index contributed by atoms with van der Waals surface area (Å²) < 4.78 is 0. The number of aliphatic carboxylic acids is 1. The molecule has 5 N–H and O–H groups in total. The van der Waals surface area contributed by atoms with Crippen LogP contribution in [0, 0.1) is 0 Å². The van der Waals surface area contributed by atoms with Crippen LogP contribution in [0.5, 0.6) is 0 Å². The molecule has 72 valence electrons. The molecule has 3 unspecified atom stereocenters. The fourth-order valence-electron chi connectivity index (χ4n) is 0.664. The molecule has 0 saturated carbocycles. The Morgan fingerprint density at radius 2 is 1.67 bits per heavy atom. The number of hydrogen-bond donors (Lipinski definition) is 5. The molecule has 0 aromatic heterocycles. The van der Waals surface area contributed by atoms with Gasteiger partial charge in [0.15, 0.2) is 0 Å². The van der Waals surface area contributed by atoms with Crippen LogP contribution in [0.15, 0.2) is 0 Å². The lowest BCUT2D eigenvalue weighted by molar-refractivity contribution is -0.143. The molecule has 0 saturated heterocycles. The zero-order valence-electron chi connectivity index (χ0n) is 6.29. The smallest absolute Gasteiger partial charge is 0.306 e. The molecule has 0 fully saturated rings. The normalized spacial score (nSPS) is 18.3. The van der Waals surface area contributed by atoms with Crippen LogP contribution in [0.2, 0.25) is 0 Å². The molecule has 3 atom stereocenters. The quantitative estimate of drug-likeness (QED) is 0.320. The van der Waals surface area contributed by atoms with Crippen LogP contribution in [0.4, 0.5) is 0 Å². The first-order chi connectivity index (χ1) is 5.49. The molecule has 0 aliphatic carbocycles. The van der Waals surface area contributed by atoms with Gasteiger partial charge < -0.3 is 25.5 Å². The maximum atomic E-state index is 10.0. The van der Waals surface area contributed by atoms with Gasteiger partial charge >= 0.3 is 5.97 Å². The third kappa shape index (κ3) is 3.63. The van der Waals surface area contributed by atoms with Crippen molar-refractivity contribution in [2.75, 3.05) is 6.61 Å². The molecule has 0 radical (unpaired) electrons. The number of rotatable bonds is 5. The topological polar surface area (TPSA) is 118 Å². The second-order valence-electron chi connectivity index (χ2n) is 2.41. The van der Waals surface area contributed by atoms with E-state index in [1.165, 1.54) is 0 Å². The highest BCUT2D eigenvalue weighted by molar-refractivity contribution is 5.67. The lowest BCUT2D eigenvalue weighted by Gasteiger charge is -2.19. The van der Waals surface area contributed by atoms with Crippen molar-refractivity contribution in [2.24, 2.45) is 0 Å². The van der Waals surface area contributed by atoms with Crippen molar-refractivity contribution in [1.29, 1.82) is 0 Å². The predicted octanol–water partition coefficient (Wildman–Crippen LogP) is -2.46. The van der Waals surface area contributed by atoms with Crippen LogP contribution < -0.4 is 0 Å². The summed E-state index contributed by atoms with van der Waals surface area (Å²) in [5, 5.41) is 43.0. The summed E-state index contributed by atoms with van der Waals surface area (Å²) in [5.41, 5.74) is 0. The lowest BCUT2D eigenvalue weighted by Crippen LogP contribution is -2.40. The third-order valence-corrected chi connectivity index (χ3v) is 1.36. The maximum Gasteiger partial charge on any atom is 0.306 e. The number of aliphatic hydroxyl groups is 4. The standard InChI is InChI=1S/C6H12O6/c7-2-4(9)6(12)3(8)1-5(10)11/h3-4,6-9,12H,1-2H2,(H,10,11). The minimum absolute atomic E-state index is 0.668. The molecule has 0 aromatic carbocycles. The van der Waals surface area contributed by atoms with Crippen LogP contribution in [-0.2, 0) is 4.79 Å². The van der Waals surface area contributed by atoms with Gasteiger partial charge in [0.05, 0.1) is 19.1 Å². The van der Waals surface area contributed by atoms with E-state index in [2.05, 4.69) is 0 Å². The van der Waals surface area contributed by atoms with E-state index < -0.39 is 37.3 Å². The molecule has 0 aromatic rings. The molecule has 0 bridgehead atoms. The molecule has 12 heavy (non-hydrogen) atoms. The monoisotopic (exact) mass is 180 g/mol. The fourth-order valence-corrected chi connectivity index (χ4v) is 0.664. The molecule has 0 aliphatic rings. The summed E-state index contributed by atoms with van der Waals surface area (Å²) in [6, 6.07) is 0. The van der Waals surface area contributed by atoms with E-state index in [4.69, 9.17) is 25.5 Å². The minimum Gasteiger partial charge on any atom is -0.481 e. The minimum atomic E-state index is -1.63. The van der Waals surface area contributed by atoms with Gasteiger partial charge in [-0.1, -0.05) is 0 Å². The summed E-state index contributed by atoms with van der Waals surface area (Å²) in [7, 11) is 0. The van der Waals surface area contributed by atoms with Gasteiger partial charge in [0.2, 0.25) is 0 Å². The number of hydrogen-bond acceptors (Lipinski definition) is 5. The van der Waals surface area contributed by atoms with Gasteiger partial charge in [-0.05, 0) is 0 Å². The maximum absolute atomic E-state index is 10.0. The van der Waals surface area contributed by atoms with E-state index in [1.54, 1.807) is 0 Å². The highest BCUT2D eigenvalue weighted by Gasteiger charge is 2.25. The fraction of sp³-hybridized carbons (Fsp3) is 0.833. The predicted molar refractivity (Wildman–Crippen MR) is 37.4 cm³/mol. The van der Waals surface area contributed by atoms with Crippen molar-refractivity contribution in [3.63, 3.8) is 0 Å². The Kier molecular flexibility index (Phi) is 4.75. The van der Waals surface area contributed by atoms with Gasteiger partial charge in [0.25, 0.3) is 0 Å². The van der Waals surface area contributed by atoms with E-state index in [0.717, 1.165) is 0 Å². The Hall–Kier alpha value is -0.690. The highest BCUT2D eigenvalue weighted by atomic mass is 16.4. The van der Waals surface area contributed by atoms with Crippen LogP contribution in [0.1, 0.15) is 6.42 Å². The molecule has 0 spiro atoms. The zero-order chi connectivity index (χ0) is 9.72. The average Bonchev–Trinajstić information content (AvgIpc) is 2.00. The van der Waals surface area contributed by atoms with Crippen molar-refractivity contribution in [1.82, 2.24) is 0 Å². The number of aliphatic hydroxyl groups excluding tert-OH is 4. The first kappa shape index (κ1) is 11.3. The summed E-state index contributed by atoms with van der Waals surface area (Å²) in [5.74, 6) is -1.29. The van der Waals surface area contributed by atoms with Crippen LogP contribution in [0.3, 0.4) is 0 Å².